The van der Waals surface area contributed by atoms with Crippen molar-refractivity contribution in [1.29, 1.82) is 0 Å². The van der Waals surface area contributed by atoms with Gasteiger partial charge in [0.2, 0.25) is 0 Å². The zero-order chi connectivity index (χ0) is 16.4. The van der Waals surface area contributed by atoms with Crippen LogP contribution < -0.4 is 5.32 Å². The maximum atomic E-state index is 4.76. The highest BCUT2D eigenvalue weighted by atomic mass is 15.0. The number of nitrogens with zero attached hydrogens (tertiary/aromatic N) is 3. The number of aromatic nitrogens is 3. The Morgan fingerprint density at radius 1 is 0.955 bits per heavy atom. The second-order valence-electron chi connectivity index (χ2n) is 7.64. The molecule has 0 aliphatic carbocycles. The van der Waals surface area contributed by atoms with E-state index in [0.717, 1.165) is 23.0 Å². The summed E-state index contributed by atoms with van der Waals surface area (Å²) in [4.78, 5) is 13.8. The molecule has 0 aromatic carbocycles. The third-order valence-electron chi connectivity index (χ3n) is 3.34. The summed E-state index contributed by atoms with van der Waals surface area (Å²) in [7, 11) is 0. The molecule has 0 spiro atoms. The molecular formula is C18H26N4. The standard InChI is InChI=1S/C18H26N4/c1-17(2,3)14-11-15(22-16(21-14)18(4,5)6)20-12-13-9-7-8-10-19-13/h7-11H,12H2,1-6H3,(H,20,21,22). The number of pyridine rings is 1. The van der Waals surface area contributed by atoms with Crippen LogP contribution in [0.5, 0.6) is 0 Å². The molecular weight excluding hydrogens is 272 g/mol. The molecule has 118 valence electrons. The van der Waals surface area contributed by atoms with Crippen molar-refractivity contribution in [3.8, 4) is 0 Å². The average Bonchev–Trinajstić information content (AvgIpc) is 2.44. The molecule has 0 unspecified atom stereocenters. The van der Waals surface area contributed by atoms with Gasteiger partial charge in [0.05, 0.1) is 17.9 Å². The molecule has 1 N–H and O–H groups in total. The molecule has 0 aliphatic rings. The Bertz CT molecular complexity index is 590. The summed E-state index contributed by atoms with van der Waals surface area (Å²) < 4.78 is 0. The van der Waals surface area contributed by atoms with Gasteiger partial charge in [0.25, 0.3) is 0 Å². The van der Waals surface area contributed by atoms with Crippen LogP contribution in [0.3, 0.4) is 0 Å². The molecule has 0 radical (unpaired) electrons. The number of nitrogens with one attached hydrogen (secondary N) is 1. The maximum Gasteiger partial charge on any atom is 0.136 e. The van der Waals surface area contributed by atoms with Crippen LogP contribution in [0.25, 0.3) is 0 Å². The Balaban J connectivity index is 2.30. The van der Waals surface area contributed by atoms with Gasteiger partial charge in [-0.2, -0.15) is 0 Å². The van der Waals surface area contributed by atoms with E-state index in [-0.39, 0.29) is 10.8 Å². The first-order valence-corrected chi connectivity index (χ1v) is 7.70. The summed E-state index contributed by atoms with van der Waals surface area (Å²) in [6.07, 6.45) is 1.80. The van der Waals surface area contributed by atoms with Gasteiger partial charge in [0.1, 0.15) is 11.6 Å². The second-order valence-corrected chi connectivity index (χ2v) is 7.64. The van der Waals surface area contributed by atoms with E-state index in [9.17, 15) is 0 Å². The van der Waals surface area contributed by atoms with Crippen molar-refractivity contribution in [1.82, 2.24) is 15.0 Å². The molecule has 2 rings (SSSR count). The van der Waals surface area contributed by atoms with Crippen LogP contribution in [0.2, 0.25) is 0 Å². The number of hydrogen-bond donors (Lipinski definition) is 1. The van der Waals surface area contributed by atoms with E-state index in [1.54, 1.807) is 6.20 Å². The fraction of sp³-hybridized carbons (Fsp3) is 0.500. The molecule has 0 aliphatic heterocycles. The van der Waals surface area contributed by atoms with Crippen molar-refractivity contribution in [3.63, 3.8) is 0 Å². The van der Waals surface area contributed by atoms with E-state index in [2.05, 4.69) is 56.8 Å². The number of rotatable bonds is 3. The number of anilines is 1. The molecule has 4 heteroatoms. The lowest BCUT2D eigenvalue weighted by atomic mass is 9.90. The quantitative estimate of drug-likeness (QED) is 0.927. The van der Waals surface area contributed by atoms with E-state index in [1.807, 2.05) is 24.3 Å². The van der Waals surface area contributed by atoms with Gasteiger partial charge in [-0.25, -0.2) is 9.97 Å². The Labute approximate surface area is 133 Å². The van der Waals surface area contributed by atoms with Crippen LogP contribution in [0.15, 0.2) is 30.5 Å². The van der Waals surface area contributed by atoms with Gasteiger partial charge in [-0.1, -0.05) is 47.6 Å². The van der Waals surface area contributed by atoms with Crippen molar-refractivity contribution in [2.45, 2.75) is 58.9 Å². The van der Waals surface area contributed by atoms with Crippen LogP contribution in [-0.2, 0) is 17.4 Å². The molecule has 0 saturated carbocycles. The van der Waals surface area contributed by atoms with Crippen LogP contribution in [-0.4, -0.2) is 15.0 Å². The van der Waals surface area contributed by atoms with Gasteiger partial charge in [-0.05, 0) is 12.1 Å². The van der Waals surface area contributed by atoms with Crippen LogP contribution >= 0.6 is 0 Å². The largest absolute Gasteiger partial charge is 0.364 e. The molecule has 0 fully saturated rings. The number of hydrogen-bond acceptors (Lipinski definition) is 4. The van der Waals surface area contributed by atoms with Crippen molar-refractivity contribution in [3.05, 3.63) is 47.7 Å². The van der Waals surface area contributed by atoms with Crippen LogP contribution in [0, 0.1) is 0 Å². The van der Waals surface area contributed by atoms with Gasteiger partial charge in [-0.15, -0.1) is 0 Å². The van der Waals surface area contributed by atoms with Crippen molar-refractivity contribution in [2.24, 2.45) is 0 Å². The topological polar surface area (TPSA) is 50.7 Å². The highest BCUT2D eigenvalue weighted by Gasteiger charge is 2.23. The lowest BCUT2D eigenvalue weighted by Crippen LogP contribution is -2.22. The van der Waals surface area contributed by atoms with Crippen molar-refractivity contribution in [2.75, 3.05) is 5.32 Å². The normalized spacial score (nSPS) is 12.3. The minimum Gasteiger partial charge on any atom is -0.364 e. The Hall–Kier alpha value is -1.97. The zero-order valence-corrected chi connectivity index (χ0v) is 14.4. The summed E-state index contributed by atoms with van der Waals surface area (Å²) in [5.41, 5.74) is 1.96. The van der Waals surface area contributed by atoms with Crippen molar-refractivity contribution >= 4 is 5.82 Å². The lowest BCUT2D eigenvalue weighted by molar-refractivity contribution is 0.514. The highest BCUT2D eigenvalue weighted by molar-refractivity contribution is 5.39. The molecule has 2 aromatic heterocycles. The van der Waals surface area contributed by atoms with Crippen LogP contribution in [0.1, 0.15) is 58.8 Å². The second kappa shape index (κ2) is 6.03. The van der Waals surface area contributed by atoms with Gasteiger partial charge in [0, 0.05) is 23.1 Å². The first-order valence-electron chi connectivity index (χ1n) is 7.70. The summed E-state index contributed by atoms with van der Waals surface area (Å²) in [5, 5.41) is 3.37. The predicted molar refractivity (Wildman–Crippen MR) is 91.0 cm³/mol. The zero-order valence-electron chi connectivity index (χ0n) is 14.4. The van der Waals surface area contributed by atoms with Gasteiger partial charge in [0.15, 0.2) is 0 Å². The smallest absolute Gasteiger partial charge is 0.136 e. The third-order valence-corrected chi connectivity index (χ3v) is 3.34. The fourth-order valence-electron chi connectivity index (χ4n) is 1.94. The van der Waals surface area contributed by atoms with E-state index in [4.69, 9.17) is 4.98 Å². The molecule has 2 aromatic rings. The molecule has 0 atom stereocenters. The first kappa shape index (κ1) is 16.4. The van der Waals surface area contributed by atoms with Gasteiger partial charge >= 0.3 is 0 Å². The molecule has 22 heavy (non-hydrogen) atoms. The summed E-state index contributed by atoms with van der Waals surface area (Å²) >= 11 is 0. The first-order chi connectivity index (χ1) is 10.2. The fourth-order valence-corrected chi connectivity index (χ4v) is 1.94. The minimum atomic E-state index is -0.0807. The van der Waals surface area contributed by atoms with Gasteiger partial charge < -0.3 is 5.32 Å². The maximum absolute atomic E-state index is 4.76. The molecule has 2 heterocycles. The monoisotopic (exact) mass is 298 g/mol. The SMILES string of the molecule is CC(C)(C)c1cc(NCc2ccccn2)nc(C(C)(C)C)n1. The Morgan fingerprint density at radius 2 is 1.68 bits per heavy atom. The minimum absolute atomic E-state index is 0.00956. The van der Waals surface area contributed by atoms with E-state index in [1.165, 1.54) is 0 Å². The third kappa shape index (κ3) is 4.26. The lowest BCUT2D eigenvalue weighted by Gasteiger charge is -2.24. The Kier molecular flexibility index (Phi) is 4.50. The predicted octanol–water partition coefficient (Wildman–Crippen LogP) is 4.08. The highest BCUT2D eigenvalue weighted by Crippen LogP contribution is 2.26. The molecule has 0 saturated heterocycles. The average molecular weight is 298 g/mol. The van der Waals surface area contributed by atoms with E-state index < -0.39 is 0 Å². The summed E-state index contributed by atoms with van der Waals surface area (Å²) in [6, 6.07) is 7.95. The summed E-state index contributed by atoms with van der Waals surface area (Å²) in [6.45, 7) is 13.6. The van der Waals surface area contributed by atoms with E-state index >= 15 is 0 Å². The molecule has 0 amide bonds. The molecule has 4 nitrogen and oxygen atoms in total. The van der Waals surface area contributed by atoms with Crippen LogP contribution in [0.4, 0.5) is 5.82 Å². The molecule has 0 bridgehead atoms. The Morgan fingerprint density at radius 3 is 2.23 bits per heavy atom. The van der Waals surface area contributed by atoms with Crippen molar-refractivity contribution < 1.29 is 0 Å². The van der Waals surface area contributed by atoms with E-state index in [0.29, 0.717) is 6.54 Å². The summed E-state index contributed by atoms with van der Waals surface area (Å²) in [5.74, 6) is 1.72. The van der Waals surface area contributed by atoms with Gasteiger partial charge in [-0.3, -0.25) is 4.98 Å².